The summed E-state index contributed by atoms with van der Waals surface area (Å²) < 4.78 is 4.62. The molecule has 0 heterocycles. The summed E-state index contributed by atoms with van der Waals surface area (Å²) >= 11 is 5.69. The summed E-state index contributed by atoms with van der Waals surface area (Å²) in [6, 6.07) is 4.27. The Labute approximate surface area is 91.4 Å². The molecule has 5 heteroatoms. The van der Waals surface area contributed by atoms with Crippen molar-refractivity contribution < 1.29 is 19.4 Å². The molecule has 1 aromatic carbocycles. The van der Waals surface area contributed by atoms with E-state index in [4.69, 9.17) is 11.6 Å². The van der Waals surface area contributed by atoms with Crippen molar-refractivity contribution in [2.45, 2.75) is 6.92 Å². The molecule has 0 atom stereocenters. The number of esters is 1. The SMILES string of the molecule is CC(=O)COC(=O)c1c(O)cccc1Cl. The van der Waals surface area contributed by atoms with Crippen LogP contribution in [0.4, 0.5) is 0 Å². The largest absolute Gasteiger partial charge is 0.507 e. The van der Waals surface area contributed by atoms with Crippen LogP contribution < -0.4 is 0 Å². The number of Topliss-reactive ketones (excluding diaryl/α,β-unsaturated/α-hetero) is 1. The minimum absolute atomic E-state index is 0.0866. The van der Waals surface area contributed by atoms with Crippen molar-refractivity contribution in [1.29, 1.82) is 0 Å². The van der Waals surface area contributed by atoms with Gasteiger partial charge in [-0.1, -0.05) is 17.7 Å². The summed E-state index contributed by atoms with van der Waals surface area (Å²) in [7, 11) is 0. The van der Waals surface area contributed by atoms with E-state index < -0.39 is 5.97 Å². The molecule has 0 fully saturated rings. The Hall–Kier alpha value is -1.55. The Morgan fingerprint density at radius 2 is 2.13 bits per heavy atom. The first-order valence-electron chi connectivity index (χ1n) is 4.16. The van der Waals surface area contributed by atoms with Gasteiger partial charge in [0.25, 0.3) is 0 Å². The third kappa shape index (κ3) is 2.95. The van der Waals surface area contributed by atoms with E-state index in [1.54, 1.807) is 0 Å². The van der Waals surface area contributed by atoms with Crippen molar-refractivity contribution in [3.05, 3.63) is 28.8 Å². The smallest absolute Gasteiger partial charge is 0.343 e. The number of ether oxygens (including phenoxy) is 1. The van der Waals surface area contributed by atoms with Gasteiger partial charge < -0.3 is 9.84 Å². The van der Waals surface area contributed by atoms with Gasteiger partial charge in [-0.15, -0.1) is 0 Å². The third-order valence-corrected chi connectivity index (χ3v) is 1.92. The molecule has 0 unspecified atom stereocenters. The molecule has 0 aliphatic rings. The average molecular weight is 229 g/mol. The minimum Gasteiger partial charge on any atom is -0.507 e. The second kappa shape index (κ2) is 4.79. The topological polar surface area (TPSA) is 63.6 Å². The molecule has 0 aliphatic heterocycles. The van der Waals surface area contributed by atoms with Gasteiger partial charge in [0.2, 0.25) is 0 Å². The standard InChI is InChI=1S/C10H9ClO4/c1-6(12)5-15-10(14)9-7(11)3-2-4-8(9)13/h2-4,13H,5H2,1H3. The molecular formula is C10H9ClO4. The molecule has 0 saturated heterocycles. The highest BCUT2D eigenvalue weighted by atomic mass is 35.5. The van der Waals surface area contributed by atoms with Crippen molar-refractivity contribution >= 4 is 23.4 Å². The number of carbonyl (C=O) groups is 2. The zero-order valence-corrected chi connectivity index (χ0v) is 8.75. The molecule has 15 heavy (non-hydrogen) atoms. The predicted molar refractivity (Wildman–Crippen MR) is 54.1 cm³/mol. The van der Waals surface area contributed by atoms with E-state index in [2.05, 4.69) is 4.74 Å². The van der Waals surface area contributed by atoms with Gasteiger partial charge in [-0.2, -0.15) is 0 Å². The number of halogens is 1. The predicted octanol–water partition coefficient (Wildman–Crippen LogP) is 1.79. The molecule has 1 aromatic rings. The summed E-state index contributed by atoms with van der Waals surface area (Å²) in [5.74, 6) is -1.36. The average Bonchev–Trinajstić information content (AvgIpc) is 2.14. The molecule has 0 saturated carbocycles. The summed E-state index contributed by atoms with van der Waals surface area (Å²) in [5, 5.41) is 9.44. The van der Waals surface area contributed by atoms with E-state index in [0.717, 1.165) is 0 Å². The first-order chi connectivity index (χ1) is 7.02. The first kappa shape index (κ1) is 11.5. The lowest BCUT2D eigenvalue weighted by molar-refractivity contribution is -0.120. The van der Waals surface area contributed by atoms with Gasteiger partial charge in [0.15, 0.2) is 5.78 Å². The molecule has 0 aliphatic carbocycles. The van der Waals surface area contributed by atoms with Gasteiger partial charge in [0.1, 0.15) is 17.9 Å². The molecule has 80 valence electrons. The maximum absolute atomic E-state index is 11.4. The highest BCUT2D eigenvalue weighted by molar-refractivity contribution is 6.34. The van der Waals surface area contributed by atoms with Crippen LogP contribution in [0.2, 0.25) is 5.02 Å². The molecule has 1 rings (SSSR count). The van der Waals surface area contributed by atoms with Crippen molar-refractivity contribution in [1.82, 2.24) is 0 Å². The number of phenols is 1. The number of phenolic OH excluding ortho intramolecular Hbond substituents is 1. The second-order valence-corrected chi connectivity index (χ2v) is 3.32. The van der Waals surface area contributed by atoms with E-state index in [1.165, 1.54) is 25.1 Å². The summed E-state index contributed by atoms with van der Waals surface area (Å²) in [4.78, 5) is 21.9. The number of ketones is 1. The molecule has 4 nitrogen and oxygen atoms in total. The Morgan fingerprint density at radius 1 is 1.47 bits per heavy atom. The lowest BCUT2D eigenvalue weighted by Crippen LogP contribution is -2.11. The van der Waals surface area contributed by atoms with Gasteiger partial charge in [0.05, 0.1) is 5.02 Å². The van der Waals surface area contributed by atoms with Crippen molar-refractivity contribution in [3.8, 4) is 5.75 Å². The highest BCUT2D eigenvalue weighted by Gasteiger charge is 2.16. The van der Waals surface area contributed by atoms with Crippen LogP contribution in [0.5, 0.6) is 5.75 Å². The number of hydrogen-bond acceptors (Lipinski definition) is 4. The summed E-state index contributed by atoms with van der Waals surface area (Å²) in [6.45, 7) is 0.962. The third-order valence-electron chi connectivity index (χ3n) is 1.60. The van der Waals surface area contributed by atoms with Crippen LogP contribution in [0.15, 0.2) is 18.2 Å². The van der Waals surface area contributed by atoms with Crippen LogP contribution in [0, 0.1) is 0 Å². The molecule has 0 radical (unpaired) electrons. The van der Waals surface area contributed by atoms with E-state index in [-0.39, 0.29) is 28.7 Å². The van der Waals surface area contributed by atoms with Crippen LogP contribution in [0.3, 0.4) is 0 Å². The fourth-order valence-corrected chi connectivity index (χ4v) is 1.20. The van der Waals surface area contributed by atoms with Crippen LogP contribution >= 0.6 is 11.6 Å². The molecular weight excluding hydrogens is 220 g/mol. The maximum Gasteiger partial charge on any atom is 0.343 e. The van der Waals surface area contributed by atoms with Crippen LogP contribution in [-0.2, 0) is 9.53 Å². The Bertz CT molecular complexity index is 380. The zero-order chi connectivity index (χ0) is 11.4. The minimum atomic E-state index is -0.812. The summed E-state index contributed by atoms with van der Waals surface area (Å²) in [5.41, 5.74) is -0.125. The quantitative estimate of drug-likeness (QED) is 0.802. The molecule has 0 amide bonds. The van der Waals surface area contributed by atoms with Gasteiger partial charge >= 0.3 is 5.97 Å². The lowest BCUT2D eigenvalue weighted by Gasteiger charge is -2.05. The Kier molecular flexibility index (Phi) is 3.68. The number of carbonyl (C=O) groups excluding carboxylic acids is 2. The number of hydrogen-bond donors (Lipinski definition) is 1. The van der Waals surface area contributed by atoms with Gasteiger partial charge in [-0.05, 0) is 19.1 Å². The molecule has 0 bridgehead atoms. The van der Waals surface area contributed by atoms with Crippen molar-refractivity contribution in [2.75, 3.05) is 6.61 Å². The fourth-order valence-electron chi connectivity index (χ4n) is 0.954. The van der Waals surface area contributed by atoms with Crippen LogP contribution in [0.25, 0.3) is 0 Å². The number of rotatable bonds is 3. The Morgan fingerprint density at radius 3 is 2.67 bits per heavy atom. The monoisotopic (exact) mass is 228 g/mol. The fraction of sp³-hybridized carbons (Fsp3) is 0.200. The van der Waals surface area contributed by atoms with Gasteiger partial charge in [-0.3, -0.25) is 4.79 Å². The van der Waals surface area contributed by atoms with Gasteiger partial charge in [0, 0.05) is 0 Å². The molecule has 1 N–H and O–H groups in total. The van der Waals surface area contributed by atoms with E-state index in [1.807, 2.05) is 0 Å². The zero-order valence-electron chi connectivity index (χ0n) is 7.99. The van der Waals surface area contributed by atoms with Crippen LogP contribution in [0.1, 0.15) is 17.3 Å². The van der Waals surface area contributed by atoms with Crippen molar-refractivity contribution in [2.24, 2.45) is 0 Å². The highest BCUT2D eigenvalue weighted by Crippen LogP contribution is 2.25. The second-order valence-electron chi connectivity index (χ2n) is 2.91. The van der Waals surface area contributed by atoms with E-state index in [9.17, 15) is 14.7 Å². The van der Waals surface area contributed by atoms with E-state index >= 15 is 0 Å². The van der Waals surface area contributed by atoms with Gasteiger partial charge in [-0.25, -0.2) is 4.79 Å². The summed E-state index contributed by atoms with van der Waals surface area (Å²) in [6.07, 6.45) is 0. The molecule has 0 aromatic heterocycles. The number of benzene rings is 1. The Balaban J connectivity index is 2.86. The first-order valence-corrected chi connectivity index (χ1v) is 4.54. The number of aromatic hydroxyl groups is 1. The van der Waals surface area contributed by atoms with E-state index in [0.29, 0.717) is 0 Å². The lowest BCUT2D eigenvalue weighted by atomic mass is 10.2. The molecule has 0 spiro atoms. The van der Waals surface area contributed by atoms with Crippen LogP contribution in [-0.4, -0.2) is 23.5 Å². The normalized spacial score (nSPS) is 9.73. The van der Waals surface area contributed by atoms with Crippen molar-refractivity contribution in [3.63, 3.8) is 0 Å². The maximum atomic E-state index is 11.4.